The molecule has 102 valence electrons. The highest BCUT2D eigenvalue weighted by Crippen LogP contribution is 2.46. The van der Waals surface area contributed by atoms with Gasteiger partial charge in [0.05, 0.1) is 6.10 Å². The van der Waals surface area contributed by atoms with Gasteiger partial charge in [-0.25, -0.2) is 0 Å². The zero-order valence-corrected chi connectivity index (χ0v) is 12.7. The van der Waals surface area contributed by atoms with E-state index in [2.05, 4.69) is 41.5 Å². The lowest BCUT2D eigenvalue weighted by molar-refractivity contribution is -0.0408. The molecule has 1 aliphatic rings. The Labute approximate surface area is 108 Å². The van der Waals surface area contributed by atoms with Crippen molar-refractivity contribution in [3.05, 3.63) is 0 Å². The highest BCUT2D eigenvalue weighted by molar-refractivity contribution is 4.91. The van der Waals surface area contributed by atoms with Crippen LogP contribution in [-0.4, -0.2) is 11.2 Å². The highest BCUT2D eigenvalue weighted by atomic mass is 16.3. The van der Waals surface area contributed by atoms with Crippen LogP contribution in [0.3, 0.4) is 0 Å². The van der Waals surface area contributed by atoms with Crippen molar-refractivity contribution in [2.75, 3.05) is 0 Å². The summed E-state index contributed by atoms with van der Waals surface area (Å²) in [5.74, 6) is 2.78. The average molecular weight is 240 g/mol. The molecule has 0 bridgehead atoms. The zero-order valence-electron chi connectivity index (χ0n) is 12.7. The van der Waals surface area contributed by atoms with Crippen molar-refractivity contribution in [3.8, 4) is 0 Å². The molecule has 1 heteroatoms. The third kappa shape index (κ3) is 3.71. The SMILES string of the molecule is CCC(C)(C)C1CC(CC(C)C)C(C)CC1O. The Morgan fingerprint density at radius 1 is 1.24 bits per heavy atom. The molecule has 0 aromatic rings. The van der Waals surface area contributed by atoms with Crippen LogP contribution in [0.1, 0.15) is 67.2 Å². The van der Waals surface area contributed by atoms with Crippen LogP contribution in [0.15, 0.2) is 0 Å². The molecule has 1 rings (SSSR count). The van der Waals surface area contributed by atoms with Gasteiger partial charge in [-0.1, -0.05) is 48.0 Å². The Morgan fingerprint density at radius 2 is 1.82 bits per heavy atom. The second-order valence-electron chi connectivity index (χ2n) is 7.35. The van der Waals surface area contributed by atoms with Crippen molar-refractivity contribution in [2.45, 2.75) is 73.3 Å². The van der Waals surface area contributed by atoms with Crippen LogP contribution in [0.25, 0.3) is 0 Å². The lowest BCUT2D eigenvalue weighted by atomic mass is 9.62. The topological polar surface area (TPSA) is 20.2 Å². The first-order valence-electron chi connectivity index (χ1n) is 7.46. The lowest BCUT2D eigenvalue weighted by Crippen LogP contribution is -2.42. The van der Waals surface area contributed by atoms with Gasteiger partial charge in [0.2, 0.25) is 0 Å². The molecule has 1 aliphatic carbocycles. The summed E-state index contributed by atoms with van der Waals surface area (Å²) >= 11 is 0. The van der Waals surface area contributed by atoms with E-state index in [1.54, 1.807) is 0 Å². The zero-order chi connectivity index (χ0) is 13.2. The Balaban J connectivity index is 2.73. The molecule has 4 unspecified atom stereocenters. The number of hydrogen-bond donors (Lipinski definition) is 1. The van der Waals surface area contributed by atoms with Gasteiger partial charge in [-0.3, -0.25) is 0 Å². The molecule has 4 atom stereocenters. The second kappa shape index (κ2) is 5.73. The lowest BCUT2D eigenvalue weighted by Gasteiger charge is -2.45. The van der Waals surface area contributed by atoms with E-state index in [1.165, 1.54) is 12.8 Å². The number of hydrogen-bond acceptors (Lipinski definition) is 1. The minimum absolute atomic E-state index is 0.0802. The molecule has 0 amide bonds. The quantitative estimate of drug-likeness (QED) is 0.767. The molecular weight excluding hydrogens is 208 g/mol. The first-order chi connectivity index (χ1) is 7.77. The normalized spacial score (nSPS) is 35.3. The maximum Gasteiger partial charge on any atom is 0.0576 e. The first-order valence-corrected chi connectivity index (χ1v) is 7.46. The summed E-state index contributed by atoms with van der Waals surface area (Å²) in [6.07, 6.45) is 4.64. The van der Waals surface area contributed by atoms with Crippen LogP contribution in [0, 0.1) is 29.1 Å². The highest BCUT2D eigenvalue weighted by Gasteiger charge is 2.41. The van der Waals surface area contributed by atoms with E-state index in [-0.39, 0.29) is 11.5 Å². The summed E-state index contributed by atoms with van der Waals surface area (Å²) in [5.41, 5.74) is 0.286. The molecular formula is C16H32O. The van der Waals surface area contributed by atoms with Gasteiger partial charge in [0.1, 0.15) is 0 Å². The summed E-state index contributed by atoms with van der Waals surface area (Å²) in [6, 6.07) is 0. The Morgan fingerprint density at radius 3 is 2.29 bits per heavy atom. The molecule has 1 N–H and O–H groups in total. The molecule has 0 heterocycles. The fraction of sp³-hybridized carbons (Fsp3) is 1.00. The number of aliphatic hydroxyl groups excluding tert-OH is 1. The van der Waals surface area contributed by atoms with Crippen molar-refractivity contribution < 1.29 is 5.11 Å². The van der Waals surface area contributed by atoms with Crippen LogP contribution in [0.2, 0.25) is 0 Å². The largest absolute Gasteiger partial charge is 0.393 e. The Kier molecular flexibility index (Phi) is 5.07. The third-order valence-corrected chi connectivity index (χ3v) is 5.13. The molecule has 0 spiro atoms. The van der Waals surface area contributed by atoms with Gasteiger partial charge < -0.3 is 5.11 Å². The smallest absolute Gasteiger partial charge is 0.0576 e. The van der Waals surface area contributed by atoms with Crippen molar-refractivity contribution in [1.29, 1.82) is 0 Å². The molecule has 1 nitrogen and oxygen atoms in total. The van der Waals surface area contributed by atoms with Crippen molar-refractivity contribution in [3.63, 3.8) is 0 Å². The minimum Gasteiger partial charge on any atom is -0.393 e. The average Bonchev–Trinajstić information content (AvgIpc) is 2.21. The number of aliphatic hydroxyl groups is 1. The van der Waals surface area contributed by atoms with E-state index < -0.39 is 0 Å². The predicted molar refractivity (Wildman–Crippen MR) is 74.9 cm³/mol. The summed E-state index contributed by atoms with van der Waals surface area (Å²) in [4.78, 5) is 0. The van der Waals surface area contributed by atoms with Gasteiger partial charge in [-0.05, 0) is 48.3 Å². The van der Waals surface area contributed by atoms with Gasteiger partial charge in [0, 0.05) is 0 Å². The maximum atomic E-state index is 10.4. The van der Waals surface area contributed by atoms with Gasteiger partial charge >= 0.3 is 0 Å². The number of rotatable bonds is 4. The van der Waals surface area contributed by atoms with Crippen LogP contribution in [0.5, 0.6) is 0 Å². The van der Waals surface area contributed by atoms with Crippen LogP contribution in [0.4, 0.5) is 0 Å². The predicted octanol–water partition coefficient (Wildman–Crippen LogP) is 4.49. The monoisotopic (exact) mass is 240 g/mol. The molecule has 1 saturated carbocycles. The van der Waals surface area contributed by atoms with Gasteiger partial charge in [-0.2, -0.15) is 0 Å². The van der Waals surface area contributed by atoms with Crippen LogP contribution in [-0.2, 0) is 0 Å². The van der Waals surface area contributed by atoms with E-state index in [9.17, 15) is 5.11 Å². The van der Waals surface area contributed by atoms with Gasteiger partial charge in [-0.15, -0.1) is 0 Å². The van der Waals surface area contributed by atoms with E-state index in [1.807, 2.05) is 0 Å². The molecule has 0 aliphatic heterocycles. The fourth-order valence-electron chi connectivity index (χ4n) is 3.49. The molecule has 0 aromatic carbocycles. The van der Waals surface area contributed by atoms with Crippen LogP contribution < -0.4 is 0 Å². The summed E-state index contributed by atoms with van der Waals surface area (Å²) < 4.78 is 0. The second-order valence-corrected chi connectivity index (χ2v) is 7.35. The molecule has 0 saturated heterocycles. The minimum atomic E-state index is -0.0802. The summed E-state index contributed by atoms with van der Waals surface area (Å²) in [6.45, 7) is 13.9. The third-order valence-electron chi connectivity index (χ3n) is 5.13. The Bertz CT molecular complexity index is 232. The van der Waals surface area contributed by atoms with Crippen molar-refractivity contribution in [2.24, 2.45) is 29.1 Å². The Hall–Kier alpha value is -0.0400. The summed E-state index contributed by atoms with van der Waals surface area (Å²) in [5, 5.41) is 10.4. The van der Waals surface area contributed by atoms with Gasteiger partial charge in [0.15, 0.2) is 0 Å². The van der Waals surface area contributed by atoms with Crippen molar-refractivity contribution in [1.82, 2.24) is 0 Å². The van der Waals surface area contributed by atoms with E-state index in [0.717, 1.165) is 24.7 Å². The van der Waals surface area contributed by atoms with E-state index in [0.29, 0.717) is 11.8 Å². The van der Waals surface area contributed by atoms with Crippen LogP contribution >= 0.6 is 0 Å². The maximum absolute atomic E-state index is 10.4. The van der Waals surface area contributed by atoms with Gasteiger partial charge in [0.25, 0.3) is 0 Å². The molecule has 17 heavy (non-hydrogen) atoms. The summed E-state index contributed by atoms with van der Waals surface area (Å²) in [7, 11) is 0. The first kappa shape index (κ1) is 15.0. The van der Waals surface area contributed by atoms with E-state index in [4.69, 9.17) is 0 Å². The molecule has 1 fully saturated rings. The fourth-order valence-corrected chi connectivity index (χ4v) is 3.49. The molecule has 0 aromatic heterocycles. The van der Waals surface area contributed by atoms with Crippen molar-refractivity contribution >= 4 is 0 Å². The molecule has 0 radical (unpaired) electrons. The standard InChI is InChI=1S/C16H32O/c1-7-16(5,6)14-10-13(8-11(2)3)12(4)9-15(14)17/h11-15,17H,7-10H2,1-6H3. The van der Waals surface area contributed by atoms with E-state index >= 15 is 0 Å².